The lowest BCUT2D eigenvalue weighted by Crippen LogP contribution is -3.10. The predicted octanol–water partition coefficient (Wildman–Crippen LogP) is 4.37. The van der Waals surface area contributed by atoms with E-state index in [1.165, 1.54) is 10.5 Å². The van der Waals surface area contributed by atoms with E-state index in [0.717, 1.165) is 57.3 Å². The molecular formula is C26H23ClNO4+. The lowest BCUT2D eigenvalue weighted by molar-refractivity contribution is -0.945. The highest BCUT2D eigenvalue weighted by Gasteiger charge is 2.25. The first-order chi connectivity index (χ1) is 15.5. The predicted molar refractivity (Wildman–Crippen MR) is 125 cm³/mol. The molecule has 1 aromatic heterocycles. The summed E-state index contributed by atoms with van der Waals surface area (Å²) >= 11 is 6.02. The Bertz CT molecular complexity index is 1340. The lowest BCUT2D eigenvalue weighted by Gasteiger charge is -2.28. The maximum absolute atomic E-state index is 12.4. The molecule has 1 N–H and O–H groups in total. The normalized spacial score (nSPS) is 15.3. The first-order valence-corrected chi connectivity index (χ1v) is 10.8. The zero-order valence-electron chi connectivity index (χ0n) is 17.9. The van der Waals surface area contributed by atoms with Crippen LogP contribution in [-0.2, 0) is 13.1 Å². The molecule has 162 valence electrons. The van der Waals surface area contributed by atoms with Crippen molar-refractivity contribution in [3.63, 3.8) is 0 Å². The third-order valence-electron chi connectivity index (χ3n) is 5.92. The van der Waals surface area contributed by atoms with Crippen molar-refractivity contribution in [3.05, 3.63) is 92.8 Å². The molecule has 0 fully saturated rings. The van der Waals surface area contributed by atoms with Gasteiger partial charge in [0.05, 0.1) is 7.11 Å². The van der Waals surface area contributed by atoms with Crippen LogP contribution in [0.3, 0.4) is 0 Å². The summed E-state index contributed by atoms with van der Waals surface area (Å²) in [6, 6.07) is 19.3. The first-order valence-electron chi connectivity index (χ1n) is 10.5. The van der Waals surface area contributed by atoms with Crippen LogP contribution in [0.25, 0.3) is 22.1 Å². The molecule has 0 spiro atoms. The molecule has 6 heteroatoms. The topological polar surface area (TPSA) is 53.1 Å². The van der Waals surface area contributed by atoms with Crippen LogP contribution < -0.4 is 20.0 Å². The molecule has 0 radical (unpaired) electrons. The quantitative estimate of drug-likeness (QED) is 0.471. The van der Waals surface area contributed by atoms with E-state index in [1.807, 2.05) is 55.5 Å². The van der Waals surface area contributed by atoms with Gasteiger partial charge < -0.3 is 13.9 Å². The molecule has 1 unspecified atom stereocenters. The average molecular weight is 449 g/mol. The summed E-state index contributed by atoms with van der Waals surface area (Å²) in [5.74, 6) is 1.58. The van der Waals surface area contributed by atoms with Gasteiger partial charge in [0.25, 0.3) is 0 Å². The molecule has 1 aliphatic heterocycles. The van der Waals surface area contributed by atoms with Gasteiger partial charge >= 0.3 is 5.63 Å². The zero-order valence-corrected chi connectivity index (χ0v) is 18.7. The highest BCUT2D eigenvalue weighted by atomic mass is 35.5. The number of nitrogens with one attached hydrogen (secondary N) is 1. The van der Waals surface area contributed by atoms with E-state index < -0.39 is 0 Å². The fourth-order valence-corrected chi connectivity index (χ4v) is 4.48. The van der Waals surface area contributed by atoms with Crippen LogP contribution in [0.4, 0.5) is 0 Å². The van der Waals surface area contributed by atoms with Crippen molar-refractivity contribution in [2.75, 3.05) is 13.8 Å². The van der Waals surface area contributed by atoms with Gasteiger partial charge in [-0.2, -0.15) is 0 Å². The van der Waals surface area contributed by atoms with E-state index in [9.17, 15) is 4.79 Å². The summed E-state index contributed by atoms with van der Waals surface area (Å²) in [7, 11) is 1.63. The number of methoxy groups -OCH3 is 1. The number of benzene rings is 3. The van der Waals surface area contributed by atoms with Crippen molar-refractivity contribution in [1.29, 1.82) is 0 Å². The molecule has 2 heterocycles. The Kier molecular flexibility index (Phi) is 5.37. The highest BCUT2D eigenvalue weighted by molar-refractivity contribution is 6.30. The molecule has 1 aliphatic rings. The number of fused-ring (bicyclic) bond motifs is 2. The minimum Gasteiger partial charge on any atom is -0.497 e. The second-order valence-electron chi connectivity index (χ2n) is 8.09. The van der Waals surface area contributed by atoms with Crippen LogP contribution in [0.1, 0.15) is 16.7 Å². The minimum atomic E-state index is -0.378. The van der Waals surface area contributed by atoms with Crippen molar-refractivity contribution in [3.8, 4) is 22.6 Å². The molecule has 5 rings (SSSR count). The van der Waals surface area contributed by atoms with Gasteiger partial charge in [0, 0.05) is 33.2 Å². The van der Waals surface area contributed by atoms with Crippen molar-refractivity contribution in [2.24, 2.45) is 0 Å². The summed E-state index contributed by atoms with van der Waals surface area (Å²) in [6.45, 7) is 4.15. The van der Waals surface area contributed by atoms with Crippen LogP contribution in [-0.4, -0.2) is 13.8 Å². The molecule has 0 aliphatic carbocycles. The van der Waals surface area contributed by atoms with Crippen molar-refractivity contribution < 1.29 is 18.8 Å². The second kappa shape index (κ2) is 8.34. The SMILES string of the molecule is COc1ccc(-c2cc(=O)oc3c(C)c4c(cc23)C[NH+](Cc2ccc(Cl)cc2)CO4)cc1. The Labute approximate surface area is 190 Å². The van der Waals surface area contributed by atoms with Crippen LogP contribution >= 0.6 is 11.6 Å². The Morgan fingerprint density at radius 1 is 1.06 bits per heavy atom. The van der Waals surface area contributed by atoms with Gasteiger partial charge in [-0.25, -0.2) is 4.79 Å². The number of hydrogen-bond donors (Lipinski definition) is 1. The summed E-state index contributed by atoms with van der Waals surface area (Å²) in [4.78, 5) is 13.6. The standard InChI is InChI=1S/C26H22ClNO4/c1-16-25-19(14-28(15-31-25)13-17-3-7-20(27)8-4-17)11-23-22(12-24(29)32-26(16)23)18-5-9-21(30-2)10-6-18/h3-12H,13-15H2,1-2H3/p+1. The molecule has 0 saturated heterocycles. The Morgan fingerprint density at radius 2 is 1.81 bits per heavy atom. The maximum atomic E-state index is 12.4. The van der Waals surface area contributed by atoms with E-state index in [-0.39, 0.29) is 5.63 Å². The smallest absolute Gasteiger partial charge is 0.336 e. The lowest BCUT2D eigenvalue weighted by atomic mass is 9.96. The Balaban J connectivity index is 1.56. The molecule has 32 heavy (non-hydrogen) atoms. The van der Waals surface area contributed by atoms with Gasteiger partial charge in [-0.3, -0.25) is 4.90 Å². The summed E-state index contributed by atoms with van der Waals surface area (Å²) in [6.07, 6.45) is 0. The Hall–Kier alpha value is -3.28. The minimum absolute atomic E-state index is 0.378. The zero-order chi connectivity index (χ0) is 22.2. The van der Waals surface area contributed by atoms with E-state index >= 15 is 0 Å². The van der Waals surface area contributed by atoms with Crippen LogP contribution in [0.15, 0.2) is 69.9 Å². The molecule has 1 atom stereocenters. The van der Waals surface area contributed by atoms with Gasteiger partial charge in [0.1, 0.15) is 30.2 Å². The van der Waals surface area contributed by atoms with Crippen LogP contribution in [0.2, 0.25) is 5.02 Å². The fraction of sp³-hybridized carbons (Fsp3) is 0.192. The molecule has 0 amide bonds. The Morgan fingerprint density at radius 3 is 2.53 bits per heavy atom. The summed E-state index contributed by atoms with van der Waals surface area (Å²) in [5.41, 5.74) is 5.14. The molecule has 0 saturated carbocycles. The first kappa shape index (κ1) is 20.6. The molecule has 3 aromatic carbocycles. The van der Waals surface area contributed by atoms with Crippen molar-refractivity contribution in [2.45, 2.75) is 20.0 Å². The van der Waals surface area contributed by atoms with Gasteiger partial charge in [-0.1, -0.05) is 35.9 Å². The van der Waals surface area contributed by atoms with Crippen LogP contribution in [0.5, 0.6) is 11.5 Å². The van der Waals surface area contributed by atoms with Gasteiger partial charge in [0.2, 0.25) is 6.73 Å². The average Bonchev–Trinajstić information content (AvgIpc) is 2.81. The summed E-state index contributed by atoms with van der Waals surface area (Å²) < 4.78 is 17.0. The van der Waals surface area contributed by atoms with E-state index in [0.29, 0.717) is 12.3 Å². The number of ether oxygens (including phenoxy) is 2. The number of aryl methyl sites for hydroxylation is 1. The van der Waals surface area contributed by atoms with Crippen LogP contribution in [0, 0.1) is 6.92 Å². The molecular weight excluding hydrogens is 426 g/mol. The highest BCUT2D eigenvalue weighted by Crippen LogP contribution is 2.36. The largest absolute Gasteiger partial charge is 0.497 e. The van der Waals surface area contributed by atoms with E-state index in [2.05, 4.69) is 6.07 Å². The van der Waals surface area contributed by atoms with Gasteiger partial charge in [-0.05, 0) is 48.4 Å². The van der Waals surface area contributed by atoms with Gasteiger partial charge in [0.15, 0.2) is 0 Å². The monoisotopic (exact) mass is 448 g/mol. The number of halogens is 1. The maximum Gasteiger partial charge on any atom is 0.336 e. The summed E-state index contributed by atoms with van der Waals surface area (Å²) in [5, 5.41) is 1.64. The molecule has 4 aromatic rings. The third kappa shape index (κ3) is 3.85. The number of quaternary nitrogens is 1. The number of hydrogen-bond acceptors (Lipinski definition) is 4. The number of rotatable bonds is 4. The third-order valence-corrected chi connectivity index (χ3v) is 6.17. The molecule has 5 nitrogen and oxygen atoms in total. The van der Waals surface area contributed by atoms with Gasteiger partial charge in [-0.15, -0.1) is 0 Å². The van der Waals surface area contributed by atoms with Crippen molar-refractivity contribution >= 4 is 22.6 Å². The fourth-order valence-electron chi connectivity index (χ4n) is 4.35. The van der Waals surface area contributed by atoms with Crippen molar-refractivity contribution in [1.82, 2.24) is 0 Å². The second-order valence-corrected chi connectivity index (χ2v) is 8.53. The van der Waals surface area contributed by atoms with E-state index in [4.69, 9.17) is 25.5 Å². The van der Waals surface area contributed by atoms with E-state index in [1.54, 1.807) is 13.2 Å². The molecule has 0 bridgehead atoms.